The van der Waals surface area contributed by atoms with Crippen molar-refractivity contribution in [2.24, 2.45) is 23.7 Å². The molecule has 3 amide bonds. The third-order valence-electron chi connectivity index (χ3n) is 5.78. The van der Waals surface area contributed by atoms with Crippen LogP contribution in [-0.4, -0.2) is 41.7 Å². The van der Waals surface area contributed by atoms with E-state index in [0.29, 0.717) is 10.7 Å². The van der Waals surface area contributed by atoms with Crippen LogP contribution >= 0.6 is 11.6 Å². The van der Waals surface area contributed by atoms with Crippen LogP contribution in [-0.2, 0) is 23.9 Å². The van der Waals surface area contributed by atoms with Crippen molar-refractivity contribution < 1.29 is 23.9 Å². The van der Waals surface area contributed by atoms with Gasteiger partial charge in [-0.3, -0.25) is 24.1 Å². The average Bonchev–Trinajstić information content (AvgIpc) is 3.30. The van der Waals surface area contributed by atoms with Gasteiger partial charge >= 0.3 is 5.97 Å². The first-order valence-corrected chi connectivity index (χ1v) is 9.38. The number of rotatable bonds is 5. The Labute approximate surface area is 161 Å². The van der Waals surface area contributed by atoms with Crippen LogP contribution in [0.5, 0.6) is 0 Å². The summed E-state index contributed by atoms with van der Waals surface area (Å²) in [6.45, 7) is -0.936. The second-order valence-corrected chi connectivity index (χ2v) is 7.80. The molecule has 2 bridgehead atoms. The van der Waals surface area contributed by atoms with E-state index in [2.05, 4.69) is 5.32 Å². The summed E-state index contributed by atoms with van der Waals surface area (Å²) in [5.74, 6) is -1.84. The Hall–Kier alpha value is -2.41. The molecule has 1 saturated heterocycles. The largest absolute Gasteiger partial charge is 0.454 e. The monoisotopic (exact) mass is 390 g/mol. The van der Waals surface area contributed by atoms with Crippen LogP contribution in [0.2, 0.25) is 5.02 Å². The third kappa shape index (κ3) is 3.32. The number of nitrogens with zero attached hydrogens (tertiary/aromatic N) is 1. The Bertz CT molecular complexity index is 798. The van der Waals surface area contributed by atoms with E-state index in [4.69, 9.17) is 16.3 Å². The fraction of sp³-hybridized carbons (Fsp3) is 0.474. The van der Waals surface area contributed by atoms with Crippen LogP contribution in [0.25, 0.3) is 0 Å². The quantitative estimate of drug-likeness (QED) is 0.611. The molecule has 0 radical (unpaired) electrons. The number of hydrogen-bond acceptors (Lipinski definition) is 5. The maximum atomic E-state index is 12.5. The summed E-state index contributed by atoms with van der Waals surface area (Å²) in [4.78, 5) is 50.0. The number of fused-ring (bicyclic) bond motifs is 5. The zero-order valence-electron chi connectivity index (χ0n) is 14.5. The van der Waals surface area contributed by atoms with Gasteiger partial charge in [-0.05, 0) is 49.3 Å². The maximum absolute atomic E-state index is 12.5. The first-order valence-electron chi connectivity index (χ1n) is 9.00. The van der Waals surface area contributed by atoms with Crippen LogP contribution in [0.1, 0.15) is 19.3 Å². The van der Waals surface area contributed by atoms with Gasteiger partial charge in [-0.1, -0.05) is 17.7 Å². The van der Waals surface area contributed by atoms with Gasteiger partial charge in [-0.25, -0.2) is 0 Å². The van der Waals surface area contributed by atoms with Crippen molar-refractivity contribution in [3.8, 4) is 0 Å². The Kier molecular flexibility index (Phi) is 4.63. The van der Waals surface area contributed by atoms with Gasteiger partial charge in [0.1, 0.15) is 6.54 Å². The maximum Gasteiger partial charge on any atom is 0.326 e. The van der Waals surface area contributed by atoms with E-state index >= 15 is 0 Å². The smallest absolute Gasteiger partial charge is 0.326 e. The third-order valence-corrected chi connectivity index (χ3v) is 6.01. The van der Waals surface area contributed by atoms with E-state index in [9.17, 15) is 19.2 Å². The van der Waals surface area contributed by atoms with Crippen molar-refractivity contribution in [2.75, 3.05) is 18.5 Å². The van der Waals surface area contributed by atoms with Gasteiger partial charge in [-0.15, -0.1) is 0 Å². The number of ether oxygens (including phenoxy) is 1. The highest BCUT2D eigenvalue weighted by atomic mass is 35.5. The highest BCUT2D eigenvalue weighted by molar-refractivity contribution is 6.30. The first kappa shape index (κ1) is 18.0. The Balaban J connectivity index is 1.29. The minimum Gasteiger partial charge on any atom is -0.454 e. The van der Waals surface area contributed by atoms with E-state index in [1.807, 2.05) is 0 Å². The fourth-order valence-corrected chi connectivity index (χ4v) is 4.90. The number of imide groups is 1. The molecule has 1 aliphatic heterocycles. The summed E-state index contributed by atoms with van der Waals surface area (Å²) in [5.41, 5.74) is 0.483. The molecule has 1 N–H and O–H groups in total. The number of nitrogens with one attached hydrogen (secondary N) is 1. The Morgan fingerprint density at radius 2 is 1.81 bits per heavy atom. The highest BCUT2D eigenvalue weighted by Crippen LogP contribution is 2.56. The molecule has 2 saturated carbocycles. The van der Waals surface area contributed by atoms with Crippen molar-refractivity contribution >= 4 is 41.0 Å². The average molecular weight is 391 g/mol. The summed E-state index contributed by atoms with van der Waals surface area (Å²) in [6, 6.07) is 6.57. The Morgan fingerprint density at radius 1 is 1.15 bits per heavy atom. The van der Waals surface area contributed by atoms with E-state index in [-0.39, 0.29) is 35.5 Å². The summed E-state index contributed by atoms with van der Waals surface area (Å²) in [6.07, 6.45) is 2.90. The molecule has 3 fully saturated rings. The van der Waals surface area contributed by atoms with Gasteiger partial charge in [0, 0.05) is 10.7 Å². The first-order chi connectivity index (χ1) is 12.9. The number of likely N-dealkylation sites (tertiary alicyclic amines) is 1. The van der Waals surface area contributed by atoms with Crippen LogP contribution in [0.4, 0.5) is 5.69 Å². The van der Waals surface area contributed by atoms with Crippen LogP contribution in [0.3, 0.4) is 0 Å². The number of carbonyl (C=O) groups excluding carboxylic acids is 4. The minimum atomic E-state index is -0.773. The number of benzene rings is 1. The van der Waals surface area contributed by atoms with E-state index < -0.39 is 25.0 Å². The lowest BCUT2D eigenvalue weighted by atomic mass is 9.81. The molecule has 2 aliphatic carbocycles. The van der Waals surface area contributed by atoms with Crippen LogP contribution in [0.15, 0.2) is 24.3 Å². The number of hydrogen-bond donors (Lipinski definition) is 1. The molecule has 8 heteroatoms. The van der Waals surface area contributed by atoms with Crippen molar-refractivity contribution in [1.82, 2.24) is 4.90 Å². The SMILES string of the molecule is O=C(COC(=O)CN1C(=O)[C@@H]2[C@@H]3CC[C@@H](C3)[C@@H]2C1=O)Nc1cccc(Cl)c1. The Morgan fingerprint density at radius 3 is 2.44 bits per heavy atom. The van der Waals surface area contributed by atoms with E-state index in [1.54, 1.807) is 24.3 Å². The van der Waals surface area contributed by atoms with Crippen molar-refractivity contribution in [1.29, 1.82) is 0 Å². The molecule has 1 aromatic rings. The van der Waals surface area contributed by atoms with Gasteiger partial charge in [-0.2, -0.15) is 0 Å². The predicted octanol–water partition coefficient (Wildman–Crippen LogP) is 1.85. The molecule has 1 aromatic carbocycles. The molecule has 7 nitrogen and oxygen atoms in total. The summed E-state index contributed by atoms with van der Waals surface area (Å²) in [5, 5.41) is 3.02. The number of anilines is 1. The molecule has 27 heavy (non-hydrogen) atoms. The lowest BCUT2D eigenvalue weighted by molar-refractivity contribution is -0.154. The normalized spacial score (nSPS) is 28.4. The zero-order valence-corrected chi connectivity index (χ0v) is 15.3. The topological polar surface area (TPSA) is 92.8 Å². The molecule has 3 aliphatic rings. The minimum absolute atomic E-state index is 0.265. The molecule has 4 atom stereocenters. The second kappa shape index (κ2) is 6.96. The van der Waals surface area contributed by atoms with Gasteiger partial charge in [0.2, 0.25) is 11.8 Å². The molecule has 0 aromatic heterocycles. The zero-order chi connectivity index (χ0) is 19.1. The summed E-state index contributed by atoms with van der Waals surface area (Å²) >= 11 is 5.84. The van der Waals surface area contributed by atoms with Crippen LogP contribution < -0.4 is 5.32 Å². The molecule has 0 spiro atoms. The van der Waals surface area contributed by atoms with E-state index in [1.165, 1.54) is 0 Å². The standard InChI is InChI=1S/C19H19ClN2O5/c20-12-2-1-3-13(7-12)21-14(23)9-27-15(24)8-22-18(25)16-10-4-5-11(6-10)17(16)19(22)26/h1-3,7,10-11,16-17H,4-6,8-9H2,(H,21,23)/t10-,11+,16-,17+. The second-order valence-electron chi connectivity index (χ2n) is 7.37. The number of carbonyl (C=O) groups is 4. The number of esters is 1. The molecular weight excluding hydrogens is 372 g/mol. The van der Waals surface area contributed by atoms with Gasteiger partial charge < -0.3 is 10.1 Å². The van der Waals surface area contributed by atoms with Crippen molar-refractivity contribution in [2.45, 2.75) is 19.3 Å². The molecule has 0 unspecified atom stereocenters. The molecule has 1 heterocycles. The van der Waals surface area contributed by atoms with E-state index in [0.717, 1.165) is 24.2 Å². The molecule has 4 rings (SSSR count). The van der Waals surface area contributed by atoms with Crippen LogP contribution in [0, 0.1) is 23.7 Å². The molecule has 142 valence electrons. The van der Waals surface area contributed by atoms with Gasteiger partial charge in [0.05, 0.1) is 11.8 Å². The fourth-order valence-electron chi connectivity index (χ4n) is 4.71. The van der Waals surface area contributed by atoms with Gasteiger partial charge in [0.25, 0.3) is 5.91 Å². The number of amides is 3. The molecular formula is C19H19ClN2O5. The number of halogens is 1. The lowest BCUT2D eigenvalue weighted by Crippen LogP contribution is -2.38. The summed E-state index contributed by atoms with van der Waals surface area (Å²) in [7, 11) is 0. The van der Waals surface area contributed by atoms with Crippen molar-refractivity contribution in [3.63, 3.8) is 0 Å². The predicted molar refractivity (Wildman–Crippen MR) is 95.6 cm³/mol. The highest BCUT2D eigenvalue weighted by Gasteiger charge is 2.61. The van der Waals surface area contributed by atoms with Gasteiger partial charge in [0.15, 0.2) is 6.61 Å². The summed E-state index contributed by atoms with van der Waals surface area (Å²) < 4.78 is 4.93. The lowest BCUT2D eigenvalue weighted by Gasteiger charge is -2.19. The van der Waals surface area contributed by atoms with Crippen molar-refractivity contribution in [3.05, 3.63) is 29.3 Å².